The van der Waals surface area contributed by atoms with Gasteiger partial charge < -0.3 is 10.1 Å². The fourth-order valence-corrected chi connectivity index (χ4v) is 3.90. The first-order chi connectivity index (χ1) is 9.78. The molecule has 1 aliphatic heterocycles. The van der Waals surface area contributed by atoms with Crippen LogP contribution in [0.15, 0.2) is 18.3 Å². The van der Waals surface area contributed by atoms with Crippen LogP contribution < -0.4 is 5.32 Å². The quantitative estimate of drug-likeness (QED) is 0.915. The van der Waals surface area contributed by atoms with Crippen molar-refractivity contribution in [3.8, 4) is 0 Å². The third kappa shape index (κ3) is 2.49. The van der Waals surface area contributed by atoms with Gasteiger partial charge in [0.2, 0.25) is 0 Å². The second-order valence-electron chi connectivity index (χ2n) is 6.31. The summed E-state index contributed by atoms with van der Waals surface area (Å²) in [5.74, 6) is 0.647. The van der Waals surface area contributed by atoms with Crippen molar-refractivity contribution in [2.24, 2.45) is 5.92 Å². The summed E-state index contributed by atoms with van der Waals surface area (Å²) in [4.78, 5) is 4.68. The minimum absolute atomic E-state index is 0.208. The van der Waals surface area contributed by atoms with Crippen LogP contribution in [0.4, 0.5) is 0 Å². The Morgan fingerprint density at radius 3 is 3.00 bits per heavy atom. The molecule has 1 aromatic rings. The summed E-state index contributed by atoms with van der Waals surface area (Å²) in [5, 5.41) is 3.53. The summed E-state index contributed by atoms with van der Waals surface area (Å²) >= 11 is 0. The number of nitrogens with zero attached hydrogens (tertiary/aromatic N) is 1. The fourth-order valence-electron chi connectivity index (χ4n) is 3.90. The molecule has 0 radical (unpaired) electrons. The van der Waals surface area contributed by atoms with Crippen LogP contribution in [-0.2, 0) is 11.2 Å². The lowest BCUT2D eigenvalue weighted by atomic mass is 9.70. The molecule has 1 spiro atoms. The highest BCUT2D eigenvalue weighted by Gasteiger charge is 2.44. The Labute approximate surface area is 122 Å². The van der Waals surface area contributed by atoms with E-state index >= 15 is 0 Å². The van der Waals surface area contributed by atoms with E-state index in [0.717, 1.165) is 19.4 Å². The number of hydrogen-bond donors (Lipinski definition) is 1. The maximum Gasteiger partial charge on any atom is 0.0686 e. The summed E-state index contributed by atoms with van der Waals surface area (Å²) in [6.45, 7) is 3.13. The molecular formula is C17H26N2O. The molecular weight excluding hydrogens is 248 g/mol. The van der Waals surface area contributed by atoms with Gasteiger partial charge in [-0.15, -0.1) is 0 Å². The normalized spacial score (nSPS) is 26.2. The lowest BCUT2D eigenvalue weighted by molar-refractivity contribution is -0.147. The van der Waals surface area contributed by atoms with E-state index in [1.165, 1.54) is 36.9 Å². The van der Waals surface area contributed by atoms with Crippen molar-refractivity contribution >= 4 is 0 Å². The number of aryl methyl sites for hydroxylation is 1. The van der Waals surface area contributed by atoms with Gasteiger partial charge in [-0.1, -0.05) is 13.0 Å². The number of pyridine rings is 1. The molecule has 2 atom stereocenters. The van der Waals surface area contributed by atoms with Gasteiger partial charge in [-0.2, -0.15) is 0 Å². The Balaban J connectivity index is 1.82. The monoisotopic (exact) mass is 274 g/mol. The van der Waals surface area contributed by atoms with Gasteiger partial charge in [0.15, 0.2) is 0 Å². The van der Waals surface area contributed by atoms with Crippen LogP contribution in [0.3, 0.4) is 0 Å². The molecule has 0 amide bonds. The summed E-state index contributed by atoms with van der Waals surface area (Å²) in [6.07, 6.45) is 9.16. The fraction of sp³-hybridized carbons (Fsp3) is 0.706. The lowest BCUT2D eigenvalue weighted by Crippen LogP contribution is -2.47. The van der Waals surface area contributed by atoms with Crippen molar-refractivity contribution in [1.29, 1.82) is 0 Å². The molecule has 2 unspecified atom stereocenters. The molecule has 2 fully saturated rings. The minimum atomic E-state index is 0.208. The topological polar surface area (TPSA) is 34.2 Å². The second-order valence-corrected chi connectivity index (χ2v) is 6.31. The van der Waals surface area contributed by atoms with Gasteiger partial charge in [-0.3, -0.25) is 4.98 Å². The van der Waals surface area contributed by atoms with Crippen LogP contribution in [-0.4, -0.2) is 24.2 Å². The van der Waals surface area contributed by atoms with Crippen LogP contribution in [0.5, 0.6) is 0 Å². The highest BCUT2D eigenvalue weighted by atomic mass is 16.5. The van der Waals surface area contributed by atoms with E-state index in [1.54, 1.807) is 0 Å². The predicted octanol–water partition coefficient (Wildman–Crippen LogP) is 3.25. The van der Waals surface area contributed by atoms with Gasteiger partial charge in [-0.05, 0) is 63.1 Å². The summed E-state index contributed by atoms with van der Waals surface area (Å²) in [6, 6.07) is 4.63. The number of ether oxygens (including phenoxy) is 1. The Morgan fingerprint density at radius 1 is 1.50 bits per heavy atom. The molecule has 3 rings (SSSR count). The van der Waals surface area contributed by atoms with Gasteiger partial charge in [0, 0.05) is 12.8 Å². The number of aromatic nitrogens is 1. The van der Waals surface area contributed by atoms with Crippen molar-refractivity contribution in [3.05, 3.63) is 29.6 Å². The van der Waals surface area contributed by atoms with Gasteiger partial charge in [0.25, 0.3) is 0 Å². The molecule has 1 aromatic heterocycles. The van der Waals surface area contributed by atoms with Gasteiger partial charge >= 0.3 is 0 Å². The average Bonchev–Trinajstić information content (AvgIpc) is 2.47. The Hall–Kier alpha value is -0.930. The maximum absolute atomic E-state index is 6.07. The smallest absolute Gasteiger partial charge is 0.0686 e. The molecule has 1 saturated carbocycles. The van der Waals surface area contributed by atoms with Crippen LogP contribution in [0.2, 0.25) is 0 Å². The first kappa shape index (κ1) is 14.0. The van der Waals surface area contributed by atoms with Crippen LogP contribution in [0.1, 0.15) is 56.3 Å². The SMILES string of the molecule is CCc1cccnc1C(NC)C1CCOC2(CCC2)C1. The summed E-state index contributed by atoms with van der Waals surface area (Å²) in [7, 11) is 2.07. The molecule has 1 N–H and O–H groups in total. The van der Waals surface area contributed by atoms with E-state index < -0.39 is 0 Å². The van der Waals surface area contributed by atoms with Crippen LogP contribution in [0.25, 0.3) is 0 Å². The van der Waals surface area contributed by atoms with E-state index in [4.69, 9.17) is 4.74 Å². The molecule has 1 aliphatic carbocycles. The molecule has 1 saturated heterocycles. The Kier molecular flexibility index (Phi) is 4.08. The third-order valence-corrected chi connectivity index (χ3v) is 5.18. The molecule has 0 aromatic carbocycles. The Bertz CT molecular complexity index is 456. The first-order valence-corrected chi connectivity index (χ1v) is 8.03. The van der Waals surface area contributed by atoms with E-state index in [-0.39, 0.29) is 5.60 Å². The number of hydrogen-bond acceptors (Lipinski definition) is 3. The molecule has 3 nitrogen and oxygen atoms in total. The summed E-state index contributed by atoms with van der Waals surface area (Å²) in [5.41, 5.74) is 2.83. The van der Waals surface area contributed by atoms with E-state index in [9.17, 15) is 0 Å². The highest BCUT2D eigenvalue weighted by molar-refractivity contribution is 5.24. The largest absolute Gasteiger partial charge is 0.375 e. The zero-order valence-corrected chi connectivity index (χ0v) is 12.7. The average molecular weight is 274 g/mol. The van der Waals surface area contributed by atoms with Crippen molar-refractivity contribution in [2.45, 2.75) is 57.1 Å². The minimum Gasteiger partial charge on any atom is -0.375 e. The third-order valence-electron chi connectivity index (χ3n) is 5.18. The summed E-state index contributed by atoms with van der Waals surface area (Å²) < 4.78 is 6.07. The predicted molar refractivity (Wildman–Crippen MR) is 80.7 cm³/mol. The van der Waals surface area contributed by atoms with Gasteiger partial charge in [0.05, 0.1) is 17.3 Å². The molecule has 2 heterocycles. The Morgan fingerprint density at radius 2 is 2.35 bits per heavy atom. The molecule has 2 aliphatic rings. The zero-order chi connectivity index (χ0) is 14.0. The zero-order valence-electron chi connectivity index (χ0n) is 12.7. The van der Waals surface area contributed by atoms with Crippen molar-refractivity contribution in [2.75, 3.05) is 13.7 Å². The van der Waals surface area contributed by atoms with Gasteiger partial charge in [0.1, 0.15) is 0 Å². The van der Waals surface area contributed by atoms with Crippen molar-refractivity contribution < 1.29 is 4.74 Å². The van der Waals surface area contributed by atoms with Crippen molar-refractivity contribution in [1.82, 2.24) is 10.3 Å². The standard InChI is InChI=1S/C17H26N2O/c1-3-13-6-4-10-19-16(13)15(18-2)14-7-11-20-17(12-14)8-5-9-17/h4,6,10,14-15,18H,3,5,7-9,11-12H2,1-2H3. The second kappa shape index (κ2) is 5.82. The highest BCUT2D eigenvalue weighted by Crippen LogP contribution is 2.47. The molecule has 20 heavy (non-hydrogen) atoms. The molecule has 110 valence electrons. The van der Waals surface area contributed by atoms with E-state index in [2.05, 4.69) is 30.3 Å². The number of rotatable bonds is 4. The number of nitrogens with one attached hydrogen (secondary N) is 1. The lowest BCUT2D eigenvalue weighted by Gasteiger charge is -2.48. The maximum atomic E-state index is 6.07. The first-order valence-electron chi connectivity index (χ1n) is 8.03. The van der Waals surface area contributed by atoms with E-state index in [0.29, 0.717) is 12.0 Å². The molecule has 0 bridgehead atoms. The van der Waals surface area contributed by atoms with Crippen molar-refractivity contribution in [3.63, 3.8) is 0 Å². The van der Waals surface area contributed by atoms with E-state index in [1.807, 2.05) is 12.3 Å². The molecule has 3 heteroatoms. The van der Waals surface area contributed by atoms with Crippen LogP contribution >= 0.6 is 0 Å². The van der Waals surface area contributed by atoms with Gasteiger partial charge in [-0.25, -0.2) is 0 Å². The van der Waals surface area contributed by atoms with Crippen LogP contribution in [0, 0.1) is 5.92 Å².